The Kier molecular flexibility index (Phi) is 4.00. The molecule has 2 aromatic rings. The number of nitrogens with zero attached hydrogens (tertiary/aromatic N) is 2. The van der Waals surface area contributed by atoms with E-state index in [-0.39, 0.29) is 18.0 Å². The fourth-order valence-corrected chi connectivity index (χ4v) is 2.53. The van der Waals surface area contributed by atoms with Crippen LogP contribution in [0.3, 0.4) is 0 Å². The summed E-state index contributed by atoms with van der Waals surface area (Å²) < 4.78 is 44.4. The van der Waals surface area contributed by atoms with Crippen LogP contribution in [0.15, 0.2) is 27.6 Å². The van der Waals surface area contributed by atoms with Crippen LogP contribution in [0.2, 0.25) is 0 Å². The zero-order valence-corrected chi connectivity index (χ0v) is 11.5. The molecular formula is C11H10FN3O5S. The van der Waals surface area contributed by atoms with Gasteiger partial charge in [-0.3, -0.25) is 0 Å². The number of aromatic carboxylic acids is 1. The molecule has 0 saturated heterocycles. The molecule has 0 aliphatic heterocycles. The van der Waals surface area contributed by atoms with Crippen LogP contribution in [-0.4, -0.2) is 29.6 Å². The molecular weight excluding hydrogens is 305 g/mol. The second-order valence-electron chi connectivity index (χ2n) is 4.01. The lowest BCUT2D eigenvalue weighted by Crippen LogP contribution is -2.24. The Labute approximate surface area is 118 Å². The Balaban J connectivity index is 2.21. The second-order valence-corrected chi connectivity index (χ2v) is 5.75. The highest BCUT2D eigenvalue weighted by Crippen LogP contribution is 2.16. The molecule has 1 aromatic carbocycles. The number of nitrogens with one attached hydrogen (secondary N) is 1. The van der Waals surface area contributed by atoms with Crippen molar-refractivity contribution < 1.29 is 27.2 Å². The summed E-state index contributed by atoms with van der Waals surface area (Å²) in [6.07, 6.45) is 0. The molecule has 10 heteroatoms. The Hall–Kier alpha value is -2.33. The van der Waals surface area contributed by atoms with Gasteiger partial charge in [-0.2, -0.15) is 4.98 Å². The van der Waals surface area contributed by atoms with Crippen molar-refractivity contribution in [3.05, 3.63) is 41.3 Å². The van der Waals surface area contributed by atoms with E-state index in [4.69, 9.17) is 9.63 Å². The van der Waals surface area contributed by atoms with Crippen LogP contribution in [0.25, 0.3) is 0 Å². The summed E-state index contributed by atoms with van der Waals surface area (Å²) in [5.41, 5.74) is -0.348. The maximum atomic E-state index is 13.7. The molecule has 1 heterocycles. The Morgan fingerprint density at radius 2 is 2.19 bits per heavy atom. The molecule has 112 valence electrons. The number of carboxylic acids is 1. The number of hydrogen-bond donors (Lipinski definition) is 2. The number of sulfonamides is 1. The first kappa shape index (κ1) is 15.1. The van der Waals surface area contributed by atoms with E-state index < -0.39 is 26.7 Å². The molecule has 0 bridgehead atoms. The van der Waals surface area contributed by atoms with E-state index in [0.29, 0.717) is 11.9 Å². The van der Waals surface area contributed by atoms with Gasteiger partial charge >= 0.3 is 5.97 Å². The molecule has 0 saturated carbocycles. The summed E-state index contributed by atoms with van der Waals surface area (Å²) in [5, 5.41) is 12.2. The van der Waals surface area contributed by atoms with Crippen LogP contribution in [0.1, 0.15) is 22.1 Å². The molecule has 21 heavy (non-hydrogen) atoms. The normalized spacial score (nSPS) is 11.5. The van der Waals surface area contributed by atoms with Crippen LogP contribution in [0, 0.1) is 12.7 Å². The monoisotopic (exact) mass is 315 g/mol. The zero-order chi connectivity index (χ0) is 15.6. The number of hydrogen-bond acceptors (Lipinski definition) is 6. The number of halogens is 1. The highest BCUT2D eigenvalue weighted by Gasteiger charge is 2.21. The van der Waals surface area contributed by atoms with Crippen molar-refractivity contribution in [1.29, 1.82) is 0 Å². The third kappa shape index (κ3) is 3.41. The van der Waals surface area contributed by atoms with E-state index in [2.05, 4.69) is 14.9 Å². The summed E-state index contributed by atoms with van der Waals surface area (Å²) in [6, 6.07) is 2.50. The fraction of sp³-hybridized carbons (Fsp3) is 0.182. The minimum Gasteiger partial charge on any atom is -0.478 e. The van der Waals surface area contributed by atoms with E-state index in [0.717, 1.165) is 12.1 Å². The molecule has 2 rings (SSSR count). The van der Waals surface area contributed by atoms with E-state index >= 15 is 0 Å². The molecule has 2 N–H and O–H groups in total. The van der Waals surface area contributed by atoms with Gasteiger partial charge in [0, 0.05) is 0 Å². The van der Waals surface area contributed by atoms with Crippen molar-refractivity contribution >= 4 is 16.0 Å². The summed E-state index contributed by atoms with van der Waals surface area (Å²) >= 11 is 0. The number of carbonyl (C=O) groups is 1. The highest BCUT2D eigenvalue weighted by atomic mass is 32.2. The molecule has 0 radical (unpaired) electrons. The predicted octanol–water partition coefficient (Wildman–Crippen LogP) is 0.694. The predicted molar refractivity (Wildman–Crippen MR) is 66.4 cm³/mol. The minimum atomic E-state index is -4.17. The van der Waals surface area contributed by atoms with Gasteiger partial charge < -0.3 is 9.63 Å². The van der Waals surface area contributed by atoms with Crippen LogP contribution < -0.4 is 4.72 Å². The van der Waals surface area contributed by atoms with Gasteiger partial charge in [0.1, 0.15) is 10.7 Å². The lowest BCUT2D eigenvalue weighted by atomic mass is 10.2. The standard InChI is InChI=1S/C11H10FN3O5S/c1-6-14-10(20-15-6)5-13-21(18,19)9-3-2-7(11(16)17)4-8(9)12/h2-4,13H,5H2,1H3,(H,16,17). The van der Waals surface area contributed by atoms with Crippen LogP contribution in [-0.2, 0) is 16.6 Å². The van der Waals surface area contributed by atoms with Gasteiger partial charge in [0.05, 0.1) is 12.1 Å². The lowest BCUT2D eigenvalue weighted by molar-refractivity contribution is 0.0696. The van der Waals surface area contributed by atoms with Crippen molar-refractivity contribution in [3.8, 4) is 0 Å². The molecule has 0 spiro atoms. The van der Waals surface area contributed by atoms with Crippen molar-refractivity contribution in [1.82, 2.24) is 14.9 Å². The zero-order valence-electron chi connectivity index (χ0n) is 10.7. The van der Waals surface area contributed by atoms with Crippen molar-refractivity contribution in [2.24, 2.45) is 0 Å². The molecule has 0 aliphatic carbocycles. The fourth-order valence-electron chi connectivity index (χ4n) is 1.50. The maximum Gasteiger partial charge on any atom is 0.335 e. The van der Waals surface area contributed by atoms with Crippen molar-refractivity contribution in [2.75, 3.05) is 0 Å². The third-order valence-electron chi connectivity index (χ3n) is 2.45. The highest BCUT2D eigenvalue weighted by molar-refractivity contribution is 7.89. The average Bonchev–Trinajstić information content (AvgIpc) is 2.82. The Morgan fingerprint density at radius 3 is 2.71 bits per heavy atom. The second kappa shape index (κ2) is 5.58. The Morgan fingerprint density at radius 1 is 1.48 bits per heavy atom. The summed E-state index contributed by atoms with van der Waals surface area (Å²) in [6.45, 7) is 1.26. The topological polar surface area (TPSA) is 122 Å². The first-order valence-electron chi connectivity index (χ1n) is 5.61. The minimum absolute atomic E-state index is 0.0265. The molecule has 0 aliphatic rings. The molecule has 1 aromatic heterocycles. The molecule has 0 amide bonds. The van der Waals surface area contributed by atoms with E-state index in [9.17, 15) is 17.6 Å². The average molecular weight is 315 g/mol. The number of rotatable bonds is 5. The van der Waals surface area contributed by atoms with Crippen LogP contribution >= 0.6 is 0 Å². The van der Waals surface area contributed by atoms with E-state index in [1.165, 1.54) is 0 Å². The number of aryl methyl sites for hydroxylation is 1. The summed E-state index contributed by atoms with van der Waals surface area (Å²) in [4.78, 5) is 13.8. The molecule has 0 fully saturated rings. The number of aromatic nitrogens is 2. The number of carboxylic acid groups (broad SMARTS) is 1. The quantitative estimate of drug-likeness (QED) is 0.832. The molecule has 8 nitrogen and oxygen atoms in total. The third-order valence-corrected chi connectivity index (χ3v) is 3.89. The van der Waals surface area contributed by atoms with Gasteiger partial charge in [-0.15, -0.1) is 0 Å². The van der Waals surface area contributed by atoms with E-state index in [1.54, 1.807) is 6.92 Å². The largest absolute Gasteiger partial charge is 0.478 e. The summed E-state index contributed by atoms with van der Waals surface area (Å²) in [5.74, 6) is -2.16. The molecule has 0 atom stereocenters. The number of benzene rings is 1. The smallest absolute Gasteiger partial charge is 0.335 e. The lowest BCUT2D eigenvalue weighted by Gasteiger charge is -2.06. The van der Waals surface area contributed by atoms with Crippen LogP contribution in [0.5, 0.6) is 0 Å². The van der Waals surface area contributed by atoms with Gasteiger partial charge in [-0.05, 0) is 25.1 Å². The van der Waals surface area contributed by atoms with Crippen LogP contribution in [0.4, 0.5) is 4.39 Å². The molecule has 0 unspecified atom stereocenters. The van der Waals surface area contributed by atoms with Crippen molar-refractivity contribution in [3.63, 3.8) is 0 Å². The van der Waals surface area contributed by atoms with Gasteiger partial charge in [0.15, 0.2) is 5.82 Å². The van der Waals surface area contributed by atoms with Gasteiger partial charge in [-0.1, -0.05) is 5.16 Å². The first-order valence-corrected chi connectivity index (χ1v) is 7.09. The summed E-state index contributed by atoms with van der Waals surface area (Å²) in [7, 11) is -4.17. The van der Waals surface area contributed by atoms with Gasteiger partial charge in [0.2, 0.25) is 15.9 Å². The van der Waals surface area contributed by atoms with Gasteiger partial charge in [0.25, 0.3) is 0 Å². The van der Waals surface area contributed by atoms with E-state index in [1.807, 2.05) is 0 Å². The Bertz CT molecular complexity index is 787. The van der Waals surface area contributed by atoms with Gasteiger partial charge in [-0.25, -0.2) is 22.3 Å². The first-order chi connectivity index (χ1) is 9.79. The SMILES string of the molecule is Cc1noc(CNS(=O)(=O)c2ccc(C(=O)O)cc2F)n1. The van der Waals surface area contributed by atoms with Crippen molar-refractivity contribution in [2.45, 2.75) is 18.4 Å². The maximum absolute atomic E-state index is 13.7.